The first kappa shape index (κ1) is 9.65. The number of nitrogens with zero attached hydrogens (tertiary/aromatic N) is 3. The molecule has 0 unspecified atom stereocenters. The van der Waals surface area contributed by atoms with Crippen molar-refractivity contribution in [1.29, 1.82) is 0 Å². The van der Waals surface area contributed by atoms with Gasteiger partial charge in [0.15, 0.2) is 0 Å². The third kappa shape index (κ3) is 2.13. The Kier molecular flexibility index (Phi) is 2.93. The molecule has 3 heteroatoms. The molecule has 0 aliphatic rings. The van der Waals surface area contributed by atoms with Crippen LogP contribution >= 0.6 is 0 Å². The molecule has 0 saturated heterocycles. The van der Waals surface area contributed by atoms with Gasteiger partial charge in [-0.05, 0) is 31.2 Å². The molecule has 2 aromatic rings. The second-order valence-electron chi connectivity index (χ2n) is 3.12. The van der Waals surface area contributed by atoms with Gasteiger partial charge in [0.05, 0.1) is 0 Å². The molecule has 0 spiro atoms. The largest absolute Gasteiger partial charge is 0.311 e. The zero-order valence-corrected chi connectivity index (χ0v) is 8.67. The molecule has 0 saturated carbocycles. The van der Waals surface area contributed by atoms with E-state index in [0.717, 1.165) is 18.2 Å². The van der Waals surface area contributed by atoms with E-state index in [2.05, 4.69) is 21.8 Å². The molecule has 0 bridgehead atoms. The van der Waals surface area contributed by atoms with Crippen LogP contribution < -0.4 is 4.90 Å². The molecule has 2 aromatic heterocycles. The SMILES string of the molecule is CCN(c1ccccn1)c1ccccn1. The monoisotopic (exact) mass is 199 g/mol. The smallest absolute Gasteiger partial charge is 0.134 e. The molecular weight excluding hydrogens is 186 g/mol. The van der Waals surface area contributed by atoms with Crippen LogP contribution in [-0.2, 0) is 0 Å². The van der Waals surface area contributed by atoms with Gasteiger partial charge < -0.3 is 4.90 Å². The maximum atomic E-state index is 4.31. The number of hydrogen-bond acceptors (Lipinski definition) is 3. The molecule has 0 aliphatic heterocycles. The van der Waals surface area contributed by atoms with E-state index in [4.69, 9.17) is 0 Å². The topological polar surface area (TPSA) is 29.0 Å². The Bertz CT molecular complexity index is 360. The first-order valence-corrected chi connectivity index (χ1v) is 5.01. The lowest BCUT2D eigenvalue weighted by Gasteiger charge is -2.20. The van der Waals surface area contributed by atoms with Crippen molar-refractivity contribution in [1.82, 2.24) is 9.97 Å². The normalized spacial score (nSPS) is 9.93. The minimum atomic E-state index is 0.855. The molecule has 2 heterocycles. The molecule has 0 radical (unpaired) electrons. The standard InChI is InChI=1S/C12H13N3/c1-2-15(11-7-3-5-9-13-11)12-8-4-6-10-14-12/h3-10H,2H2,1H3. The van der Waals surface area contributed by atoms with Gasteiger partial charge in [0.1, 0.15) is 11.6 Å². The summed E-state index contributed by atoms with van der Waals surface area (Å²) in [6.07, 6.45) is 3.59. The van der Waals surface area contributed by atoms with Crippen molar-refractivity contribution in [3.63, 3.8) is 0 Å². The van der Waals surface area contributed by atoms with E-state index in [1.54, 1.807) is 12.4 Å². The Morgan fingerprint density at radius 3 is 1.80 bits per heavy atom. The van der Waals surface area contributed by atoms with E-state index in [1.165, 1.54) is 0 Å². The fraction of sp³-hybridized carbons (Fsp3) is 0.167. The van der Waals surface area contributed by atoms with E-state index in [1.807, 2.05) is 36.4 Å². The van der Waals surface area contributed by atoms with Crippen molar-refractivity contribution < 1.29 is 0 Å². The summed E-state index contributed by atoms with van der Waals surface area (Å²) < 4.78 is 0. The summed E-state index contributed by atoms with van der Waals surface area (Å²) >= 11 is 0. The highest BCUT2D eigenvalue weighted by Gasteiger charge is 2.07. The zero-order chi connectivity index (χ0) is 10.5. The average molecular weight is 199 g/mol. The van der Waals surface area contributed by atoms with E-state index in [0.29, 0.717) is 0 Å². The van der Waals surface area contributed by atoms with Gasteiger partial charge in [0.2, 0.25) is 0 Å². The number of rotatable bonds is 3. The average Bonchev–Trinajstić information content (AvgIpc) is 2.33. The highest BCUT2D eigenvalue weighted by atomic mass is 15.2. The Labute approximate surface area is 89.4 Å². The predicted octanol–water partition coefficient (Wildman–Crippen LogP) is 2.63. The van der Waals surface area contributed by atoms with Crippen LogP contribution in [0, 0.1) is 0 Å². The maximum Gasteiger partial charge on any atom is 0.134 e. The third-order valence-corrected chi connectivity index (χ3v) is 2.17. The molecule has 0 aliphatic carbocycles. The lowest BCUT2D eigenvalue weighted by Crippen LogP contribution is -2.18. The Balaban J connectivity index is 2.34. The van der Waals surface area contributed by atoms with E-state index in [9.17, 15) is 0 Å². The van der Waals surface area contributed by atoms with Crippen LogP contribution in [0.15, 0.2) is 48.8 Å². The van der Waals surface area contributed by atoms with Crippen LogP contribution in [0.4, 0.5) is 11.6 Å². The van der Waals surface area contributed by atoms with Crippen molar-refractivity contribution >= 4 is 11.6 Å². The first-order valence-electron chi connectivity index (χ1n) is 5.01. The van der Waals surface area contributed by atoms with E-state index in [-0.39, 0.29) is 0 Å². The van der Waals surface area contributed by atoms with Crippen molar-refractivity contribution in [3.05, 3.63) is 48.8 Å². The second kappa shape index (κ2) is 4.55. The summed E-state index contributed by atoms with van der Waals surface area (Å²) in [4.78, 5) is 10.7. The number of aromatic nitrogens is 2. The van der Waals surface area contributed by atoms with Crippen LogP contribution in [0.25, 0.3) is 0 Å². The molecule has 0 aromatic carbocycles. The third-order valence-electron chi connectivity index (χ3n) is 2.17. The van der Waals surface area contributed by atoms with Gasteiger partial charge in [-0.3, -0.25) is 0 Å². The molecule has 0 amide bonds. The molecule has 0 fully saturated rings. The number of anilines is 2. The summed E-state index contributed by atoms with van der Waals surface area (Å²) in [5.41, 5.74) is 0. The van der Waals surface area contributed by atoms with Gasteiger partial charge in [0.25, 0.3) is 0 Å². The van der Waals surface area contributed by atoms with Gasteiger partial charge in [-0.2, -0.15) is 0 Å². The van der Waals surface area contributed by atoms with Crippen molar-refractivity contribution in [3.8, 4) is 0 Å². The molecule has 2 rings (SSSR count). The lowest BCUT2D eigenvalue weighted by molar-refractivity contribution is 0.961. The number of pyridine rings is 2. The van der Waals surface area contributed by atoms with Crippen LogP contribution in [0.5, 0.6) is 0 Å². The quantitative estimate of drug-likeness (QED) is 0.761. The van der Waals surface area contributed by atoms with Crippen molar-refractivity contribution in [2.24, 2.45) is 0 Å². The summed E-state index contributed by atoms with van der Waals surface area (Å²) in [7, 11) is 0. The Morgan fingerprint density at radius 1 is 0.933 bits per heavy atom. The van der Waals surface area contributed by atoms with Crippen LogP contribution in [0.3, 0.4) is 0 Å². The van der Waals surface area contributed by atoms with Crippen LogP contribution in [0.2, 0.25) is 0 Å². The lowest BCUT2D eigenvalue weighted by atomic mass is 10.4. The summed E-state index contributed by atoms with van der Waals surface area (Å²) in [6, 6.07) is 11.8. The maximum absolute atomic E-state index is 4.31. The number of hydrogen-bond donors (Lipinski definition) is 0. The van der Waals surface area contributed by atoms with Gasteiger partial charge in [-0.1, -0.05) is 12.1 Å². The summed E-state index contributed by atoms with van der Waals surface area (Å²) in [5.74, 6) is 1.86. The van der Waals surface area contributed by atoms with Crippen LogP contribution in [0.1, 0.15) is 6.92 Å². The molecular formula is C12H13N3. The zero-order valence-electron chi connectivity index (χ0n) is 8.67. The fourth-order valence-corrected chi connectivity index (χ4v) is 1.47. The van der Waals surface area contributed by atoms with E-state index >= 15 is 0 Å². The minimum Gasteiger partial charge on any atom is -0.311 e. The Morgan fingerprint density at radius 2 is 1.47 bits per heavy atom. The first-order chi connectivity index (χ1) is 7.42. The molecule has 0 N–H and O–H groups in total. The summed E-state index contributed by atoms with van der Waals surface area (Å²) in [5, 5.41) is 0. The Hall–Kier alpha value is -1.90. The molecule has 15 heavy (non-hydrogen) atoms. The van der Waals surface area contributed by atoms with E-state index < -0.39 is 0 Å². The van der Waals surface area contributed by atoms with Crippen molar-refractivity contribution in [2.75, 3.05) is 11.4 Å². The van der Waals surface area contributed by atoms with Gasteiger partial charge >= 0.3 is 0 Å². The molecule has 0 atom stereocenters. The molecule has 3 nitrogen and oxygen atoms in total. The highest BCUT2D eigenvalue weighted by Crippen LogP contribution is 2.19. The van der Waals surface area contributed by atoms with Gasteiger partial charge in [-0.15, -0.1) is 0 Å². The molecule has 76 valence electrons. The van der Waals surface area contributed by atoms with Crippen LogP contribution in [-0.4, -0.2) is 16.5 Å². The summed E-state index contributed by atoms with van der Waals surface area (Å²) in [6.45, 7) is 2.94. The van der Waals surface area contributed by atoms with Gasteiger partial charge in [-0.25, -0.2) is 9.97 Å². The minimum absolute atomic E-state index is 0.855. The highest BCUT2D eigenvalue weighted by molar-refractivity contribution is 5.54. The van der Waals surface area contributed by atoms with Crippen molar-refractivity contribution in [2.45, 2.75) is 6.92 Å². The predicted molar refractivity (Wildman–Crippen MR) is 61.2 cm³/mol. The fourth-order valence-electron chi connectivity index (χ4n) is 1.47. The second-order valence-corrected chi connectivity index (χ2v) is 3.12. The van der Waals surface area contributed by atoms with Gasteiger partial charge in [0, 0.05) is 18.9 Å².